The van der Waals surface area contributed by atoms with Crippen LogP contribution in [0.1, 0.15) is 11.1 Å². The summed E-state index contributed by atoms with van der Waals surface area (Å²) in [6.07, 6.45) is 2.15. The van der Waals surface area contributed by atoms with Crippen LogP contribution >= 0.6 is 0 Å². The van der Waals surface area contributed by atoms with E-state index in [1.54, 1.807) is 24.3 Å². The highest BCUT2D eigenvalue weighted by Gasteiger charge is 2.05. The molecular formula is C17H12F3N3. The third-order valence-electron chi connectivity index (χ3n) is 3.03. The SMILES string of the molecule is N#Cc1cc(C(N)=CC=NC(F)F)cc(-c2ccc(F)cc2)c1. The maximum absolute atomic E-state index is 13.0. The van der Waals surface area contributed by atoms with Crippen molar-refractivity contribution in [2.75, 3.05) is 0 Å². The van der Waals surface area contributed by atoms with Crippen LogP contribution in [0.15, 0.2) is 53.5 Å². The fourth-order valence-electron chi connectivity index (χ4n) is 1.95. The van der Waals surface area contributed by atoms with Crippen LogP contribution in [0.25, 0.3) is 16.8 Å². The summed E-state index contributed by atoms with van der Waals surface area (Å²) in [5.74, 6) is -0.368. The Bertz CT molecular complexity index is 788. The molecule has 2 aromatic rings. The molecule has 0 heterocycles. The highest BCUT2D eigenvalue weighted by atomic mass is 19.3. The molecule has 0 amide bonds. The molecule has 3 nitrogen and oxygen atoms in total. The molecule has 0 aliphatic rings. The molecule has 23 heavy (non-hydrogen) atoms. The molecule has 116 valence electrons. The zero-order chi connectivity index (χ0) is 16.8. The first-order valence-electron chi connectivity index (χ1n) is 6.58. The number of nitrogens with two attached hydrogens (primary N) is 1. The minimum absolute atomic E-state index is 0.190. The molecule has 6 heteroatoms. The number of nitriles is 1. The lowest BCUT2D eigenvalue weighted by molar-refractivity contribution is 0.161. The molecule has 0 bridgehead atoms. The molecule has 0 atom stereocenters. The second kappa shape index (κ2) is 7.27. The van der Waals surface area contributed by atoms with E-state index < -0.39 is 6.55 Å². The summed E-state index contributed by atoms with van der Waals surface area (Å²) < 4.78 is 37.0. The van der Waals surface area contributed by atoms with Gasteiger partial charge in [0, 0.05) is 11.9 Å². The lowest BCUT2D eigenvalue weighted by atomic mass is 9.99. The summed E-state index contributed by atoms with van der Waals surface area (Å²) in [6, 6.07) is 12.6. The van der Waals surface area contributed by atoms with Gasteiger partial charge < -0.3 is 5.73 Å². The number of nitrogens with zero attached hydrogens (tertiary/aromatic N) is 2. The van der Waals surface area contributed by atoms with Gasteiger partial charge in [-0.1, -0.05) is 12.1 Å². The van der Waals surface area contributed by atoms with Crippen LogP contribution in [0, 0.1) is 17.1 Å². The van der Waals surface area contributed by atoms with Gasteiger partial charge in [0.05, 0.1) is 11.6 Å². The largest absolute Gasteiger partial charge is 0.398 e. The van der Waals surface area contributed by atoms with Crippen LogP contribution in [0.5, 0.6) is 0 Å². The number of hydrogen-bond donors (Lipinski definition) is 1. The topological polar surface area (TPSA) is 62.2 Å². The first-order chi connectivity index (χ1) is 11.0. The highest BCUT2D eigenvalue weighted by Crippen LogP contribution is 2.24. The summed E-state index contributed by atoms with van der Waals surface area (Å²) in [4.78, 5) is 2.90. The van der Waals surface area contributed by atoms with E-state index in [0.29, 0.717) is 22.3 Å². The monoisotopic (exact) mass is 315 g/mol. The van der Waals surface area contributed by atoms with Crippen molar-refractivity contribution in [1.82, 2.24) is 0 Å². The van der Waals surface area contributed by atoms with Gasteiger partial charge in [0.1, 0.15) is 5.82 Å². The smallest absolute Gasteiger partial charge is 0.331 e. The first kappa shape index (κ1) is 16.3. The zero-order valence-electron chi connectivity index (χ0n) is 11.9. The van der Waals surface area contributed by atoms with E-state index in [1.165, 1.54) is 24.3 Å². The molecule has 2 N–H and O–H groups in total. The number of aliphatic imine (C=N–C) groups is 1. The lowest BCUT2D eigenvalue weighted by Crippen LogP contribution is -1.98. The second-order valence-electron chi connectivity index (χ2n) is 4.62. The fraction of sp³-hybridized carbons (Fsp3) is 0.0588. The van der Waals surface area contributed by atoms with Gasteiger partial charge in [-0.2, -0.15) is 14.0 Å². The van der Waals surface area contributed by atoms with E-state index in [9.17, 15) is 13.2 Å². The second-order valence-corrected chi connectivity index (χ2v) is 4.62. The van der Waals surface area contributed by atoms with Gasteiger partial charge in [-0.15, -0.1) is 0 Å². The van der Waals surface area contributed by atoms with Crippen molar-refractivity contribution in [3.63, 3.8) is 0 Å². The molecule has 2 rings (SSSR count). The maximum Gasteiger partial charge on any atom is 0.331 e. The molecule has 0 saturated carbocycles. The summed E-state index contributed by atoms with van der Waals surface area (Å²) >= 11 is 0. The molecular weight excluding hydrogens is 303 g/mol. The van der Waals surface area contributed by atoms with E-state index in [4.69, 9.17) is 11.0 Å². The van der Waals surface area contributed by atoms with Gasteiger partial charge >= 0.3 is 6.55 Å². The van der Waals surface area contributed by atoms with Gasteiger partial charge in [0.15, 0.2) is 0 Å². The van der Waals surface area contributed by atoms with E-state index in [1.807, 2.05) is 6.07 Å². The molecule has 0 unspecified atom stereocenters. The van der Waals surface area contributed by atoms with Crippen LogP contribution in [-0.2, 0) is 0 Å². The number of allylic oxidation sites excluding steroid dienone is 1. The quantitative estimate of drug-likeness (QED) is 0.686. The molecule has 0 aliphatic heterocycles. The third kappa shape index (κ3) is 4.45. The third-order valence-corrected chi connectivity index (χ3v) is 3.03. The van der Waals surface area contributed by atoms with Crippen molar-refractivity contribution in [2.45, 2.75) is 6.55 Å². The Labute approximate surface area is 131 Å². The van der Waals surface area contributed by atoms with Crippen LogP contribution in [-0.4, -0.2) is 12.8 Å². The van der Waals surface area contributed by atoms with Crippen molar-refractivity contribution in [3.8, 4) is 17.2 Å². The standard InChI is InChI=1S/C17H12F3N3/c18-15-3-1-12(2-4-15)13-7-11(10-21)8-14(9-13)16(22)5-6-23-17(19)20/h1-9,17H,22H2. The predicted molar refractivity (Wildman–Crippen MR) is 83.2 cm³/mol. The lowest BCUT2D eigenvalue weighted by Gasteiger charge is -2.07. The fourth-order valence-corrected chi connectivity index (χ4v) is 1.95. The molecule has 2 aromatic carbocycles. The Morgan fingerprint density at radius 2 is 1.83 bits per heavy atom. The summed E-state index contributed by atoms with van der Waals surface area (Å²) in [6.45, 7) is -2.81. The number of benzene rings is 2. The van der Waals surface area contributed by atoms with Gasteiger partial charge in [-0.3, -0.25) is 0 Å². The van der Waals surface area contributed by atoms with E-state index in [-0.39, 0.29) is 11.5 Å². The first-order valence-corrected chi connectivity index (χ1v) is 6.58. The average Bonchev–Trinajstić information content (AvgIpc) is 2.54. The minimum atomic E-state index is -2.81. The molecule has 0 aromatic heterocycles. The van der Waals surface area contributed by atoms with Gasteiger partial charge in [-0.05, 0) is 53.1 Å². The van der Waals surface area contributed by atoms with Crippen molar-refractivity contribution in [3.05, 3.63) is 65.5 Å². The van der Waals surface area contributed by atoms with Crippen LogP contribution in [0.3, 0.4) is 0 Å². The number of halogens is 3. The van der Waals surface area contributed by atoms with Crippen molar-refractivity contribution in [2.24, 2.45) is 10.7 Å². The Kier molecular flexibility index (Phi) is 5.15. The number of hydrogen-bond acceptors (Lipinski definition) is 3. The highest BCUT2D eigenvalue weighted by molar-refractivity contribution is 5.84. The summed E-state index contributed by atoms with van der Waals surface area (Å²) in [5.41, 5.74) is 8.24. The molecule has 0 aliphatic carbocycles. The van der Waals surface area contributed by atoms with Crippen LogP contribution in [0.2, 0.25) is 0 Å². The van der Waals surface area contributed by atoms with Crippen molar-refractivity contribution >= 4 is 11.9 Å². The number of rotatable bonds is 4. The Morgan fingerprint density at radius 1 is 1.13 bits per heavy atom. The van der Waals surface area contributed by atoms with Crippen LogP contribution in [0.4, 0.5) is 13.2 Å². The van der Waals surface area contributed by atoms with Gasteiger partial charge in [0.25, 0.3) is 0 Å². The summed E-state index contributed by atoms with van der Waals surface area (Å²) in [7, 11) is 0. The van der Waals surface area contributed by atoms with E-state index >= 15 is 0 Å². The molecule has 0 saturated heterocycles. The van der Waals surface area contributed by atoms with Crippen molar-refractivity contribution in [1.29, 1.82) is 5.26 Å². The van der Waals surface area contributed by atoms with Gasteiger partial charge in [0.2, 0.25) is 0 Å². The Hall–Kier alpha value is -3.07. The molecule has 0 spiro atoms. The van der Waals surface area contributed by atoms with E-state index in [2.05, 4.69) is 4.99 Å². The predicted octanol–water partition coefficient (Wildman–Crippen LogP) is 3.96. The Balaban J connectivity index is 2.43. The minimum Gasteiger partial charge on any atom is -0.398 e. The van der Waals surface area contributed by atoms with Crippen molar-refractivity contribution < 1.29 is 13.2 Å². The maximum atomic E-state index is 13.0. The summed E-state index contributed by atoms with van der Waals surface area (Å²) in [5, 5.41) is 9.11. The van der Waals surface area contributed by atoms with Crippen LogP contribution < -0.4 is 5.73 Å². The molecule has 0 fully saturated rings. The molecule has 0 radical (unpaired) electrons. The van der Waals surface area contributed by atoms with Gasteiger partial charge in [-0.25, -0.2) is 9.38 Å². The Morgan fingerprint density at radius 3 is 2.43 bits per heavy atom. The zero-order valence-corrected chi connectivity index (χ0v) is 11.9. The average molecular weight is 315 g/mol. The van der Waals surface area contributed by atoms with E-state index in [0.717, 1.165) is 6.21 Å². The number of alkyl halides is 2. The normalized spacial score (nSPS) is 11.9.